The van der Waals surface area contributed by atoms with Crippen molar-refractivity contribution in [3.05, 3.63) is 60.4 Å². The first-order valence-corrected chi connectivity index (χ1v) is 7.51. The predicted octanol–water partition coefficient (Wildman–Crippen LogP) is 4.59. The molecule has 0 N–H and O–H groups in total. The van der Waals surface area contributed by atoms with Crippen molar-refractivity contribution in [2.45, 2.75) is 19.3 Å². The number of rotatable bonds is 5. The predicted molar refractivity (Wildman–Crippen MR) is 84.7 cm³/mol. The van der Waals surface area contributed by atoms with E-state index in [1.165, 1.54) is 11.2 Å². The molecule has 1 heterocycles. The average Bonchev–Trinajstić information content (AvgIpc) is 2.86. The molecule has 0 spiro atoms. The summed E-state index contributed by atoms with van der Waals surface area (Å²) in [5, 5.41) is 0. The van der Waals surface area contributed by atoms with Crippen molar-refractivity contribution >= 4 is 22.6 Å². The number of benzene rings is 2. The van der Waals surface area contributed by atoms with Gasteiger partial charge in [0.2, 0.25) is 0 Å². The molecule has 0 amide bonds. The van der Waals surface area contributed by atoms with E-state index in [0.29, 0.717) is 5.88 Å². The van der Waals surface area contributed by atoms with E-state index in [-0.39, 0.29) is 0 Å². The summed E-state index contributed by atoms with van der Waals surface area (Å²) in [4.78, 5) is 4.78. The van der Waals surface area contributed by atoms with Gasteiger partial charge < -0.3 is 0 Å². The van der Waals surface area contributed by atoms with Gasteiger partial charge in [0.1, 0.15) is 5.82 Å². The van der Waals surface area contributed by atoms with Gasteiger partial charge in [-0.05, 0) is 37.1 Å². The summed E-state index contributed by atoms with van der Waals surface area (Å²) >= 11 is 5.78. The molecule has 0 aliphatic rings. The second-order valence-corrected chi connectivity index (χ2v) is 5.21. The van der Waals surface area contributed by atoms with Gasteiger partial charge in [0.25, 0.3) is 0 Å². The van der Waals surface area contributed by atoms with Crippen LogP contribution in [0.1, 0.15) is 18.7 Å². The first-order valence-electron chi connectivity index (χ1n) is 6.98. The van der Waals surface area contributed by atoms with Crippen LogP contribution in [-0.2, 0) is 6.42 Å². The number of aryl methyl sites for hydroxylation is 1. The molecule has 3 heteroatoms. The summed E-state index contributed by atoms with van der Waals surface area (Å²) in [6, 6.07) is 18.7. The highest BCUT2D eigenvalue weighted by Gasteiger charge is 2.11. The van der Waals surface area contributed by atoms with Gasteiger partial charge in [-0.15, -0.1) is 11.6 Å². The maximum Gasteiger partial charge on any atom is 0.114 e. The fourth-order valence-corrected chi connectivity index (χ4v) is 2.68. The Balaban J connectivity index is 2.09. The normalized spacial score (nSPS) is 11.1. The number of hydrogen-bond acceptors (Lipinski definition) is 1. The van der Waals surface area contributed by atoms with Crippen LogP contribution in [-0.4, -0.2) is 15.4 Å². The van der Waals surface area contributed by atoms with E-state index in [4.69, 9.17) is 16.6 Å². The second kappa shape index (κ2) is 6.10. The van der Waals surface area contributed by atoms with Crippen LogP contribution in [0.3, 0.4) is 0 Å². The van der Waals surface area contributed by atoms with E-state index < -0.39 is 0 Å². The molecule has 0 aliphatic carbocycles. The van der Waals surface area contributed by atoms with E-state index in [1.807, 2.05) is 12.1 Å². The molecule has 1 aromatic heterocycles. The Labute approximate surface area is 124 Å². The Kier molecular flexibility index (Phi) is 4.03. The maximum absolute atomic E-state index is 5.78. The van der Waals surface area contributed by atoms with Crippen molar-refractivity contribution in [2.75, 3.05) is 5.88 Å². The van der Waals surface area contributed by atoms with Crippen LogP contribution >= 0.6 is 11.6 Å². The molecule has 2 aromatic carbocycles. The molecule has 102 valence electrons. The summed E-state index contributed by atoms with van der Waals surface area (Å²) in [6.07, 6.45) is 3.05. The highest BCUT2D eigenvalue weighted by molar-refractivity contribution is 6.17. The van der Waals surface area contributed by atoms with Crippen molar-refractivity contribution < 1.29 is 0 Å². The number of unbranched alkanes of at least 4 members (excludes halogenated alkanes) is 1. The van der Waals surface area contributed by atoms with Crippen LogP contribution in [0.4, 0.5) is 0 Å². The minimum absolute atomic E-state index is 0.714. The van der Waals surface area contributed by atoms with Crippen LogP contribution in [0.25, 0.3) is 16.7 Å². The first-order chi connectivity index (χ1) is 9.90. The summed E-state index contributed by atoms with van der Waals surface area (Å²) in [7, 11) is 0. The number of fused-ring (bicyclic) bond motifs is 1. The lowest BCUT2D eigenvalue weighted by Gasteiger charge is -2.08. The molecule has 3 aromatic rings. The molecule has 0 fully saturated rings. The minimum Gasteiger partial charge on any atom is -0.296 e. The van der Waals surface area contributed by atoms with Gasteiger partial charge in [0.05, 0.1) is 11.0 Å². The van der Waals surface area contributed by atoms with Crippen LogP contribution < -0.4 is 0 Å². The van der Waals surface area contributed by atoms with Crippen LogP contribution in [0.5, 0.6) is 0 Å². The first kappa shape index (κ1) is 13.2. The van der Waals surface area contributed by atoms with E-state index in [9.17, 15) is 0 Å². The quantitative estimate of drug-likeness (QED) is 0.495. The van der Waals surface area contributed by atoms with E-state index in [2.05, 4.69) is 47.0 Å². The number of hydrogen-bond donors (Lipinski definition) is 0. The number of nitrogens with zero attached hydrogens (tertiary/aromatic N) is 2. The number of aromatic nitrogens is 2. The molecule has 20 heavy (non-hydrogen) atoms. The SMILES string of the molecule is ClCCCCc1nc2ccccc2n1-c1ccccc1. The Morgan fingerprint density at radius 1 is 0.900 bits per heavy atom. The second-order valence-electron chi connectivity index (χ2n) is 4.83. The van der Waals surface area contributed by atoms with Crippen LogP contribution in [0, 0.1) is 0 Å². The molecule has 0 atom stereocenters. The zero-order valence-electron chi connectivity index (χ0n) is 11.3. The summed E-state index contributed by atoms with van der Waals surface area (Å²) in [5.74, 6) is 1.83. The lowest BCUT2D eigenvalue weighted by Crippen LogP contribution is -2.01. The van der Waals surface area contributed by atoms with E-state index in [0.717, 1.165) is 30.6 Å². The average molecular weight is 285 g/mol. The van der Waals surface area contributed by atoms with Crippen molar-refractivity contribution in [1.82, 2.24) is 9.55 Å². The number of imidazole rings is 1. The number of halogens is 1. The molecule has 0 aliphatic heterocycles. The molecule has 0 saturated heterocycles. The van der Waals surface area contributed by atoms with Crippen molar-refractivity contribution in [3.63, 3.8) is 0 Å². The van der Waals surface area contributed by atoms with Gasteiger partial charge in [0.15, 0.2) is 0 Å². The molecule has 0 radical (unpaired) electrons. The van der Waals surface area contributed by atoms with Gasteiger partial charge in [-0.3, -0.25) is 4.57 Å². The van der Waals surface area contributed by atoms with Crippen molar-refractivity contribution in [2.24, 2.45) is 0 Å². The highest BCUT2D eigenvalue weighted by atomic mass is 35.5. The van der Waals surface area contributed by atoms with Crippen molar-refractivity contribution in [1.29, 1.82) is 0 Å². The summed E-state index contributed by atoms with van der Waals surface area (Å²) in [5.41, 5.74) is 3.39. The van der Waals surface area contributed by atoms with Gasteiger partial charge >= 0.3 is 0 Å². The molecule has 0 bridgehead atoms. The zero-order chi connectivity index (χ0) is 13.8. The molecule has 0 saturated carbocycles. The molecular weight excluding hydrogens is 268 g/mol. The molecular formula is C17H17ClN2. The van der Waals surface area contributed by atoms with Gasteiger partial charge in [-0.1, -0.05) is 30.3 Å². The lowest BCUT2D eigenvalue weighted by molar-refractivity contribution is 0.747. The highest BCUT2D eigenvalue weighted by Crippen LogP contribution is 2.22. The van der Waals surface area contributed by atoms with Crippen molar-refractivity contribution in [3.8, 4) is 5.69 Å². The Morgan fingerprint density at radius 2 is 1.65 bits per heavy atom. The Morgan fingerprint density at radius 3 is 2.45 bits per heavy atom. The van der Waals surface area contributed by atoms with Gasteiger partial charge in [0, 0.05) is 18.0 Å². The fraction of sp³-hybridized carbons (Fsp3) is 0.235. The largest absolute Gasteiger partial charge is 0.296 e. The van der Waals surface area contributed by atoms with E-state index in [1.54, 1.807) is 0 Å². The maximum atomic E-state index is 5.78. The number of para-hydroxylation sites is 3. The Bertz CT molecular complexity index is 689. The minimum atomic E-state index is 0.714. The molecule has 0 unspecified atom stereocenters. The van der Waals surface area contributed by atoms with Gasteiger partial charge in [-0.25, -0.2) is 4.98 Å². The third-order valence-corrected chi connectivity index (χ3v) is 3.70. The fourth-order valence-electron chi connectivity index (χ4n) is 2.49. The lowest BCUT2D eigenvalue weighted by atomic mass is 10.2. The zero-order valence-corrected chi connectivity index (χ0v) is 12.1. The smallest absolute Gasteiger partial charge is 0.114 e. The van der Waals surface area contributed by atoms with Crippen LogP contribution in [0.2, 0.25) is 0 Å². The standard InChI is InChI=1S/C17H17ClN2/c18-13-7-6-12-17-19-15-10-4-5-11-16(15)20(17)14-8-2-1-3-9-14/h1-5,8-11H,6-7,12-13H2. The van der Waals surface area contributed by atoms with Crippen LogP contribution in [0.15, 0.2) is 54.6 Å². The molecule has 3 rings (SSSR count). The summed E-state index contributed by atoms with van der Waals surface area (Å²) in [6.45, 7) is 0. The Hall–Kier alpha value is -1.80. The monoisotopic (exact) mass is 284 g/mol. The van der Waals surface area contributed by atoms with Gasteiger partial charge in [-0.2, -0.15) is 0 Å². The topological polar surface area (TPSA) is 17.8 Å². The summed E-state index contributed by atoms with van der Waals surface area (Å²) < 4.78 is 2.25. The molecule has 2 nitrogen and oxygen atoms in total. The third kappa shape index (κ3) is 2.56. The number of alkyl halides is 1. The van der Waals surface area contributed by atoms with E-state index >= 15 is 0 Å². The third-order valence-electron chi connectivity index (χ3n) is 3.43.